The second-order valence-electron chi connectivity index (χ2n) is 7.36. The van der Waals surface area contributed by atoms with Crippen molar-refractivity contribution in [3.8, 4) is 6.07 Å². The van der Waals surface area contributed by atoms with Crippen LogP contribution in [0, 0.1) is 39.0 Å². The lowest BCUT2D eigenvalue weighted by Gasteiger charge is -2.21. The van der Waals surface area contributed by atoms with Crippen LogP contribution in [-0.4, -0.2) is 19.5 Å². The number of carbonyl (C=O) groups excluding carboxylic acids is 1. The molecule has 2 heterocycles. The first kappa shape index (κ1) is 23.8. The summed E-state index contributed by atoms with van der Waals surface area (Å²) in [6.07, 6.45) is 0. The van der Waals surface area contributed by atoms with Gasteiger partial charge in [0.2, 0.25) is 0 Å². The van der Waals surface area contributed by atoms with Crippen molar-refractivity contribution in [2.24, 2.45) is 0 Å². The highest BCUT2D eigenvalue weighted by atomic mass is 35.5. The standard InChI is InChI=1S/C21H21ClN4O4S2/c1-10-8-11(2)17(12(3)15(10)9-23)13(4)24-20(27)19-16(6-7-31-19)32(28,29)26-21-18(22)14(5)25-30-21/h6-8,13,26H,1-5H3,(H,24,27). The van der Waals surface area contributed by atoms with E-state index in [0.717, 1.165) is 33.6 Å². The van der Waals surface area contributed by atoms with Crippen molar-refractivity contribution in [3.05, 3.63) is 60.9 Å². The van der Waals surface area contributed by atoms with Crippen LogP contribution in [0.15, 0.2) is 26.9 Å². The third-order valence-electron chi connectivity index (χ3n) is 5.07. The Bertz CT molecular complexity index is 1350. The van der Waals surface area contributed by atoms with Crippen LogP contribution >= 0.6 is 22.9 Å². The quantitative estimate of drug-likeness (QED) is 0.509. The molecule has 3 aromatic rings. The number of sulfonamides is 1. The number of benzene rings is 1. The van der Waals surface area contributed by atoms with E-state index in [-0.39, 0.29) is 20.7 Å². The first-order valence-electron chi connectivity index (χ1n) is 9.51. The van der Waals surface area contributed by atoms with E-state index in [1.165, 1.54) is 11.4 Å². The second-order valence-corrected chi connectivity index (χ2v) is 10.3. The molecule has 168 valence electrons. The minimum atomic E-state index is -4.15. The fourth-order valence-corrected chi connectivity index (χ4v) is 6.15. The molecular weight excluding hydrogens is 472 g/mol. The number of rotatable bonds is 6. The highest BCUT2D eigenvalue weighted by Gasteiger charge is 2.28. The number of amides is 1. The van der Waals surface area contributed by atoms with Crippen LogP contribution < -0.4 is 10.0 Å². The van der Waals surface area contributed by atoms with Gasteiger partial charge in [0.15, 0.2) is 0 Å². The first-order chi connectivity index (χ1) is 15.0. The molecule has 0 fully saturated rings. The summed E-state index contributed by atoms with van der Waals surface area (Å²) in [6, 6.07) is 4.98. The van der Waals surface area contributed by atoms with Crippen molar-refractivity contribution in [1.82, 2.24) is 10.5 Å². The molecular formula is C21H21ClN4O4S2. The SMILES string of the molecule is Cc1cc(C)c(C(C)NC(=O)c2sccc2S(=O)(=O)Nc2onc(C)c2Cl)c(C)c1C#N. The maximum atomic E-state index is 13.0. The fraction of sp³-hybridized carbons (Fsp3) is 0.286. The molecule has 11 heteroatoms. The van der Waals surface area contributed by atoms with Gasteiger partial charge in [-0.2, -0.15) is 5.26 Å². The van der Waals surface area contributed by atoms with Crippen LogP contribution in [0.2, 0.25) is 5.02 Å². The number of hydrogen-bond donors (Lipinski definition) is 2. The van der Waals surface area contributed by atoms with Crippen molar-refractivity contribution >= 4 is 44.8 Å². The summed E-state index contributed by atoms with van der Waals surface area (Å²) in [5, 5.41) is 17.5. The summed E-state index contributed by atoms with van der Waals surface area (Å²) in [7, 11) is -4.15. The van der Waals surface area contributed by atoms with E-state index >= 15 is 0 Å². The van der Waals surface area contributed by atoms with Gasteiger partial charge in [-0.3, -0.25) is 4.79 Å². The van der Waals surface area contributed by atoms with Gasteiger partial charge < -0.3 is 9.84 Å². The third kappa shape index (κ3) is 4.37. The Kier molecular flexibility index (Phi) is 6.64. The number of halogens is 1. The van der Waals surface area contributed by atoms with E-state index in [2.05, 4.69) is 21.3 Å². The number of aryl methyl sites for hydroxylation is 3. The Morgan fingerprint density at radius 1 is 1.28 bits per heavy atom. The average Bonchev–Trinajstić information content (AvgIpc) is 3.31. The number of thiophene rings is 1. The lowest BCUT2D eigenvalue weighted by molar-refractivity contribution is 0.0941. The smallest absolute Gasteiger partial charge is 0.265 e. The molecule has 8 nitrogen and oxygen atoms in total. The van der Waals surface area contributed by atoms with Gasteiger partial charge >= 0.3 is 0 Å². The molecule has 3 rings (SSSR count). The minimum absolute atomic E-state index is 0.0136. The minimum Gasteiger partial charge on any atom is -0.345 e. The molecule has 0 saturated carbocycles. The molecule has 0 bridgehead atoms. The molecule has 0 saturated heterocycles. The monoisotopic (exact) mass is 492 g/mol. The van der Waals surface area contributed by atoms with Crippen molar-refractivity contribution < 1.29 is 17.7 Å². The maximum absolute atomic E-state index is 13.0. The van der Waals surface area contributed by atoms with E-state index in [9.17, 15) is 18.5 Å². The zero-order valence-electron chi connectivity index (χ0n) is 18.0. The molecule has 2 N–H and O–H groups in total. The topological polar surface area (TPSA) is 125 Å². The molecule has 0 aliphatic heterocycles. The average molecular weight is 493 g/mol. The molecule has 1 unspecified atom stereocenters. The number of nitrogens with zero attached hydrogens (tertiary/aromatic N) is 2. The van der Waals surface area contributed by atoms with Gasteiger partial charge in [-0.05, 0) is 68.3 Å². The highest BCUT2D eigenvalue weighted by Crippen LogP contribution is 2.31. The Labute approximate surface area is 195 Å². The second kappa shape index (κ2) is 8.94. The van der Waals surface area contributed by atoms with Crippen LogP contribution in [0.4, 0.5) is 5.88 Å². The van der Waals surface area contributed by atoms with Gasteiger partial charge in [-0.15, -0.1) is 11.3 Å². The summed E-state index contributed by atoms with van der Waals surface area (Å²) in [5.41, 5.74) is 4.31. The number of hydrogen-bond acceptors (Lipinski definition) is 7. The summed E-state index contributed by atoms with van der Waals surface area (Å²) in [6.45, 7) is 8.98. The Balaban J connectivity index is 1.89. The van der Waals surface area contributed by atoms with E-state index in [4.69, 9.17) is 16.1 Å². The Morgan fingerprint density at radius 2 is 1.97 bits per heavy atom. The molecule has 1 aromatic carbocycles. The summed E-state index contributed by atoms with van der Waals surface area (Å²) in [4.78, 5) is 12.8. The van der Waals surface area contributed by atoms with Gasteiger partial charge in [0.1, 0.15) is 20.5 Å². The number of aromatic nitrogens is 1. The van der Waals surface area contributed by atoms with Gasteiger partial charge in [0, 0.05) is 0 Å². The predicted molar refractivity (Wildman–Crippen MR) is 123 cm³/mol. The number of nitrogens with one attached hydrogen (secondary N) is 2. The van der Waals surface area contributed by atoms with Crippen LogP contribution in [0.3, 0.4) is 0 Å². The van der Waals surface area contributed by atoms with E-state index < -0.39 is 22.0 Å². The summed E-state index contributed by atoms with van der Waals surface area (Å²) >= 11 is 7.00. The molecule has 0 radical (unpaired) electrons. The number of anilines is 1. The molecule has 0 spiro atoms. The maximum Gasteiger partial charge on any atom is 0.265 e. The number of nitriles is 1. The van der Waals surface area contributed by atoms with Crippen molar-refractivity contribution in [2.45, 2.75) is 45.6 Å². The lowest BCUT2D eigenvalue weighted by Crippen LogP contribution is -2.29. The Morgan fingerprint density at radius 3 is 2.56 bits per heavy atom. The van der Waals surface area contributed by atoms with E-state index in [0.29, 0.717) is 11.3 Å². The van der Waals surface area contributed by atoms with Crippen LogP contribution in [-0.2, 0) is 10.0 Å². The summed E-state index contributed by atoms with van der Waals surface area (Å²) in [5.74, 6) is -0.768. The molecule has 2 aromatic heterocycles. The summed E-state index contributed by atoms with van der Waals surface area (Å²) < 4.78 is 32.9. The third-order valence-corrected chi connectivity index (χ3v) is 7.93. The van der Waals surface area contributed by atoms with Gasteiger partial charge in [-0.1, -0.05) is 22.8 Å². The molecule has 32 heavy (non-hydrogen) atoms. The largest absolute Gasteiger partial charge is 0.345 e. The zero-order valence-corrected chi connectivity index (χ0v) is 20.4. The van der Waals surface area contributed by atoms with E-state index in [1.54, 1.807) is 13.8 Å². The lowest BCUT2D eigenvalue weighted by atomic mass is 9.90. The zero-order chi connectivity index (χ0) is 23.8. The highest BCUT2D eigenvalue weighted by molar-refractivity contribution is 7.93. The van der Waals surface area contributed by atoms with Gasteiger partial charge in [-0.25, -0.2) is 13.1 Å². The number of carbonyl (C=O) groups is 1. The predicted octanol–water partition coefficient (Wildman–Crippen LogP) is 4.79. The first-order valence-corrected chi connectivity index (χ1v) is 12.3. The van der Waals surface area contributed by atoms with Crippen molar-refractivity contribution in [2.75, 3.05) is 4.72 Å². The van der Waals surface area contributed by atoms with E-state index in [1.807, 2.05) is 26.8 Å². The van der Waals surface area contributed by atoms with Gasteiger partial charge in [0.25, 0.3) is 21.8 Å². The Hall–Kier alpha value is -2.87. The van der Waals surface area contributed by atoms with Gasteiger partial charge in [0.05, 0.1) is 17.7 Å². The molecule has 1 amide bonds. The van der Waals surface area contributed by atoms with Crippen LogP contribution in [0.5, 0.6) is 0 Å². The molecule has 1 atom stereocenters. The van der Waals surface area contributed by atoms with Crippen molar-refractivity contribution in [3.63, 3.8) is 0 Å². The normalized spacial score (nSPS) is 12.3. The molecule has 0 aliphatic rings. The fourth-order valence-electron chi connectivity index (χ4n) is 3.65. The van der Waals surface area contributed by atoms with Crippen LogP contribution in [0.25, 0.3) is 0 Å². The van der Waals surface area contributed by atoms with Crippen molar-refractivity contribution in [1.29, 1.82) is 5.26 Å². The van der Waals surface area contributed by atoms with Crippen LogP contribution in [0.1, 0.15) is 56.1 Å². The molecule has 0 aliphatic carbocycles.